The summed E-state index contributed by atoms with van der Waals surface area (Å²) in [7, 11) is 0. The number of esters is 2. The van der Waals surface area contributed by atoms with E-state index in [9.17, 15) is 9.59 Å². The van der Waals surface area contributed by atoms with E-state index in [4.69, 9.17) is 0 Å². The molecule has 0 aliphatic rings. The fraction of sp³-hybridized carbons (Fsp3) is 0.667. The van der Waals surface area contributed by atoms with Crippen molar-refractivity contribution in [1.29, 1.82) is 0 Å². The standard InChI is InChI=1S/C12H20O3/c1-9(2)7-5-6-8-11(13)15-12(14)10(3)4/h9H,3,5-8H2,1-2,4H3. The van der Waals surface area contributed by atoms with Gasteiger partial charge in [0.15, 0.2) is 0 Å². The van der Waals surface area contributed by atoms with E-state index < -0.39 is 11.9 Å². The molecule has 3 nitrogen and oxygen atoms in total. The number of carbonyl (C=O) groups is 2. The minimum absolute atomic E-state index is 0.255. The Hall–Kier alpha value is -1.12. The van der Waals surface area contributed by atoms with Crippen LogP contribution in [0.25, 0.3) is 0 Å². The number of ether oxygens (including phenoxy) is 1. The summed E-state index contributed by atoms with van der Waals surface area (Å²) in [6, 6.07) is 0. The van der Waals surface area contributed by atoms with E-state index in [2.05, 4.69) is 25.2 Å². The fourth-order valence-electron chi connectivity index (χ4n) is 1.06. The van der Waals surface area contributed by atoms with E-state index in [0.717, 1.165) is 19.3 Å². The second-order valence-corrected chi connectivity index (χ2v) is 4.18. The van der Waals surface area contributed by atoms with Gasteiger partial charge in [-0.3, -0.25) is 4.79 Å². The van der Waals surface area contributed by atoms with Crippen molar-refractivity contribution < 1.29 is 14.3 Å². The molecule has 0 heterocycles. The Morgan fingerprint density at radius 2 is 1.87 bits per heavy atom. The minimum atomic E-state index is -0.621. The second-order valence-electron chi connectivity index (χ2n) is 4.18. The normalized spacial score (nSPS) is 10.1. The van der Waals surface area contributed by atoms with Gasteiger partial charge in [0.1, 0.15) is 0 Å². The van der Waals surface area contributed by atoms with Gasteiger partial charge in [-0.1, -0.05) is 33.3 Å². The van der Waals surface area contributed by atoms with Gasteiger partial charge in [-0.15, -0.1) is 0 Å². The summed E-state index contributed by atoms with van der Waals surface area (Å²) < 4.78 is 4.54. The molecule has 0 N–H and O–H groups in total. The Bertz CT molecular complexity index is 241. The van der Waals surface area contributed by atoms with Crippen molar-refractivity contribution in [2.45, 2.75) is 46.5 Å². The zero-order valence-corrected chi connectivity index (χ0v) is 9.84. The van der Waals surface area contributed by atoms with E-state index in [1.54, 1.807) is 0 Å². The van der Waals surface area contributed by atoms with Gasteiger partial charge in [-0.05, 0) is 19.3 Å². The van der Waals surface area contributed by atoms with Crippen LogP contribution >= 0.6 is 0 Å². The highest BCUT2D eigenvalue weighted by atomic mass is 16.6. The summed E-state index contributed by atoms with van der Waals surface area (Å²) in [5.74, 6) is -0.423. The highest BCUT2D eigenvalue weighted by Crippen LogP contribution is 2.08. The van der Waals surface area contributed by atoms with Crippen molar-refractivity contribution in [3.63, 3.8) is 0 Å². The first-order valence-corrected chi connectivity index (χ1v) is 5.34. The molecule has 0 aromatic heterocycles. The van der Waals surface area contributed by atoms with E-state index in [0.29, 0.717) is 12.3 Å². The van der Waals surface area contributed by atoms with Crippen LogP contribution in [0.4, 0.5) is 0 Å². The summed E-state index contributed by atoms with van der Waals surface area (Å²) in [6.07, 6.45) is 3.18. The number of unbranched alkanes of at least 4 members (excludes halogenated alkanes) is 1. The zero-order chi connectivity index (χ0) is 11.8. The van der Waals surface area contributed by atoms with Crippen molar-refractivity contribution in [2.24, 2.45) is 5.92 Å². The van der Waals surface area contributed by atoms with E-state index in [1.807, 2.05) is 0 Å². The molecule has 0 rings (SSSR count). The molecule has 3 heteroatoms. The average molecular weight is 212 g/mol. The third-order valence-electron chi connectivity index (χ3n) is 1.97. The molecule has 0 amide bonds. The summed E-state index contributed by atoms with van der Waals surface area (Å²) in [6.45, 7) is 9.21. The Morgan fingerprint density at radius 1 is 1.27 bits per heavy atom. The van der Waals surface area contributed by atoms with Crippen LogP contribution in [0.5, 0.6) is 0 Å². The van der Waals surface area contributed by atoms with Gasteiger partial charge in [-0.25, -0.2) is 4.79 Å². The first kappa shape index (κ1) is 13.9. The minimum Gasteiger partial charge on any atom is -0.390 e. The van der Waals surface area contributed by atoms with Crippen molar-refractivity contribution >= 4 is 11.9 Å². The molecular weight excluding hydrogens is 192 g/mol. The molecule has 15 heavy (non-hydrogen) atoms. The SMILES string of the molecule is C=C(C)C(=O)OC(=O)CCCCC(C)C. The lowest BCUT2D eigenvalue weighted by Crippen LogP contribution is -2.12. The molecule has 0 radical (unpaired) electrons. The Kier molecular flexibility index (Phi) is 6.67. The molecule has 0 aliphatic carbocycles. The molecule has 0 unspecified atom stereocenters. The van der Waals surface area contributed by atoms with Crippen LogP contribution < -0.4 is 0 Å². The molecule has 0 saturated carbocycles. The van der Waals surface area contributed by atoms with Crippen molar-refractivity contribution in [3.05, 3.63) is 12.2 Å². The maximum absolute atomic E-state index is 11.1. The first-order chi connectivity index (χ1) is 6.93. The highest BCUT2D eigenvalue weighted by molar-refractivity contribution is 5.95. The predicted molar refractivity (Wildman–Crippen MR) is 59.2 cm³/mol. The average Bonchev–Trinajstić information content (AvgIpc) is 2.12. The number of rotatable bonds is 6. The lowest BCUT2D eigenvalue weighted by Gasteiger charge is -2.04. The lowest BCUT2D eigenvalue weighted by atomic mass is 10.1. The molecule has 86 valence electrons. The van der Waals surface area contributed by atoms with Crippen LogP contribution in [0.1, 0.15) is 46.5 Å². The van der Waals surface area contributed by atoms with Crippen LogP contribution in [-0.2, 0) is 14.3 Å². The van der Waals surface area contributed by atoms with Gasteiger partial charge in [0.2, 0.25) is 0 Å². The Morgan fingerprint density at radius 3 is 2.33 bits per heavy atom. The summed E-state index contributed by atoms with van der Waals surface area (Å²) in [4.78, 5) is 22.1. The van der Waals surface area contributed by atoms with Gasteiger partial charge < -0.3 is 4.74 Å². The number of hydrogen-bond acceptors (Lipinski definition) is 3. The van der Waals surface area contributed by atoms with Crippen LogP contribution in [0, 0.1) is 5.92 Å². The molecule has 0 aliphatic heterocycles. The van der Waals surface area contributed by atoms with Crippen LogP contribution in [0.3, 0.4) is 0 Å². The molecule has 0 atom stereocenters. The van der Waals surface area contributed by atoms with Crippen molar-refractivity contribution in [3.8, 4) is 0 Å². The molecule has 0 fully saturated rings. The third kappa shape index (κ3) is 7.91. The van der Waals surface area contributed by atoms with Gasteiger partial charge >= 0.3 is 11.9 Å². The predicted octanol–water partition coefficient (Wildman–Crippen LogP) is 2.85. The van der Waals surface area contributed by atoms with E-state index in [-0.39, 0.29) is 5.57 Å². The maximum atomic E-state index is 11.1. The third-order valence-corrected chi connectivity index (χ3v) is 1.97. The van der Waals surface area contributed by atoms with Gasteiger partial charge in [0, 0.05) is 12.0 Å². The summed E-state index contributed by atoms with van der Waals surface area (Å²) >= 11 is 0. The Labute approximate surface area is 91.5 Å². The van der Waals surface area contributed by atoms with Crippen LogP contribution in [-0.4, -0.2) is 11.9 Å². The molecule has 0 saturated heterocycles. The summed E-state index contributed by atoms with van der Waals surface area (Å²) in [5, 5.41) is 0. The van der Waals surface area contributed by atoms with Gasteiger partial charge in [0.25, 0.3) is 0 Å². The Balaban J connectivity index is 3.58. The second kappa shape index (κ2) is 7.21. The quantitative estimate of drug-likeness (QED) is 0.294. The van der Waals surface area contributed by atoms with Crippen LogP contribution in [0.2, 0.25) is 0 Å². The van der Waals surface area contributed by atoms with Crippen molar-refractivity contribution in [1.82, 2.24) is 0 Å². The topological polar surface area (TPSA) is 43.4 Å². The largest absolute Gasteiger partial charge is 0.390 e. The lowest BCUT2D eigenvalue weighted by molar-refractivity contribution is -0.156. The maximum Gasteiger partial charge on any atom is 0.340 e. The van der Waals surface area contributed by atoms with Gasteiger partial charge in [0.05, 0.1) is 0 Å². The molecule has 0 bridgehead atoms. The summed E-state index contributed by atoms with van der Waals surface area (Å²) in [5.41, 5.74) is 0.255. The molecular formula is C12H20O3. The smallest absolute Gasteiger partial charge is 0.340 e. The molecule has 0 aromatic rings. The van der Waals surface area contributed by atoms with E-state index in [1.165, 1.54) is 6.92 Å². The van der Waals surface area contributed by atoms with E-state index >= 15 is 0 Å². The fourth-order valence-corrected chi connectivity index (χ4v) is 1.06. The number of carbonyl (C=O) groups excluding carboxylic acids is 2. The molecule has 0 spiro atoms. The first-order valence-electron chi connectivity index (χ1n) is 5.34. The zero-order valence-electron chi connectivity index (χ0n) is 9.84. The van der Waals surface area contributed by atoms with Gasteiger partial charge in [-0.2, -0.15) is 0 Å². The highest BCUT2D eigenvalue weighted by Gasteiger charge is 2.10. The molecule has 0 aromatic carbocycles. The monoisotopic (exact) mass is 212 g/mol. The van der Waals surface area contributed by atoms with Crippen molar-refractivity contribution in [2.75, 3.05) is 0 Å². The van der Waals surface area contributed by atoms with Crippen LogP contribution in [0.15, 0.2) is 12.2 Å². The number of hydrogen-bond donors (Lipinski definition) is 0.